The minimum absolute atomic E-state index is 0.0525. The second-order valence-corrected chi connectivity index (χ2v) is 2.26. The molecular weight excluding hydrogens is 130 g/mol. The van der Waals surface area contributed by atoms with E-state index in [1.807, 2.05) is 13.8 Å². The monoisotopic (exact) mass is 145 g/mol. The lowest BCUT2D eigenvalue weighted by atomic mass is 10.3. The Labute approximate surface area is 61.8 Å². The van der Waals surface area contributed by atoms with Crippen molar-refractivity contribution in [3.8, 4) is 0 Å². The third-order valence-electron chi connectivity index (χ3n) is 1.26. The van der Waals surface area contributed by atoms with Crippen LogP contribution in [0.3, 0.4) is 0 Å². The Morgan fingerprint density at radius 2 is 2.30 bits per heavy atom. The van der Waals surface area contributed by atoms with Gasteiger partial charge < -0.3 is 10.1 Å². The van der Waals surface area contributed by atoms with E-state index >= 15 is 0 Å². The van der Waals surface area contributed by atoms with Gasteiger partial charge in [0.25, 0.3) is 0 Å². The number of nitrogens with one attached hydrogen (secondary N) is 1. The number of hydrogen-bond acceptors (Lipinski definition) is 2. The highest BCUT2D eigenvalue weighted by atomic mass is 16.5. The van der Waals surface area contributed by atoms with Crippen molar-refractivity contribution in [3.05, 3.63) is 0 Å². The summed E-state index contributed by atoms with van der Waals surface area (Å²) < 4.78 is 5.17. The van der Waals surface area contributed by atoms with Gasteiger partial charge >= 0.3 is 0 Å². The zero-order chi connectivity index (χ0) is 7.98. The highest BCUT2D eigenvalue weighted by molar-refractivity contribution is 5.72. The predicted octanol–water partition coefficient (Wildman–Crippen LogP) is 0.895. The smallest absolute Gasteiger partial charge is 0.218 e. The molecule has 0 saturated carbocycles. The summed E-state index contributed by atoms with van der Waals surface area (Å²) in [6.45, 7) is 5.81. The van der Waals surface area contributed by atoms with Crippen LogP contribution in [0.2, 0.25) is 0 Å². The average molecular weight is 145 g/mol. The summed E-state index contributed by atoms with van der Waals surface area (Å²) in [4.78, 5) is 10.3. The molecule has 0 aliphatic rings. The van der Waals surface area contributed by atoms with E-state index in [0.29, 0.717) is 6.73 Å². The van der Waals surface area contributed by atoms with Crippen LogP contribution in [0.15, 0.2) is 0 Å². The summed E-state index contributed by atoms with van der Waals surface area (Å²) in [6, 6.07) is 0. The Morgan fingerprint density at radius 3 is 2.70 bits per heavy atom. The molecule has 0 aromatic carbocycles. The fraction of sp³-hybridized carbons (Fsp3) is 0.857. The first-order valence-corrected chi connectivity index (χ1v) is 3.52. The quantitative estimate of drug-likeness (QED) is 0.597. The van der Waals surface area contributed by atoms with Crippen molar-refractivity contribution in [1.29, 1.82) is 0 Å². The van der Waals surface area contributed by atoms with Crippen LogP contribution in [0.4, 0.5) is 0 Å². The summed E-state index contributed by atoms with van der Waals surface area (Å²) in [5, 5.41) is 2.55. The molecule has 60 valence electrons. The average Bonchev–Trinajstić information content (AvgIpc) is 1.87. The van der Waals surface area contributed by atoms with E-state index in [9.17, 15) is 4.79 Å². The molecule has 0 rings (SSSR count). The van der Waals surface area contributed by atoms with E-state index in [0.717, 1.165) is 6.42 Å². The van der Waals surface area contributed by atoms with E-state index in [1.165, 1.54) is 6.92 Å². The summed E-state index contributed by atoms with van der Waals surface area (Å²) in [6.07, 6.45) is 1.20. The molecule has 0 aliphatic carbocycles. The van der Waals surface area contributed by atoms with E-state index in [-0.39, 0.29) is 12.0 Å². The van der Waals surface area contributed by atoms with Gasteiger partial charge in [-0.25, -0.2) is 0 Å². The van der Waals surface area contributed by atoms with Crippen LogP contribution < -0.4 is 5.32 Å². The number of ether oxygens (including phenoxy) is 1. The van der Waals surface area contributed by atoms with Crippen LogP contribution in [0.25, 0.3) is 0 Å². The Bertz CT molecular complexity index is 104. The van der Waals surface area contributed by atoms with Crippen molar-refractivity contribution in [2.45, 2.75) is 33.3 Å². The molecule has 1 amide bonds. The third kappa shape index (κ3) is 5.56. The van der Waals surface area contributed by atoms with Gasteiger partial charge in [0.05, 0.1) is 6.10 Å². The number of hydrogen-bond donors (Lipinski definition) is 1. The molecule has 0 spiro atoms. The molecule has 0 aromatic heterocycles. The zero-order valence-corrected chi connectivity index (χ0v) is 6.81. The Morgan fingerprint density at radius 1 is 1.70 bits per heavy atom. The molecule has 0 radical (unpaired) electrons. The largest absolute Gasteiger partial charge is 0.358 e. The highest BCUT2D eigenvalue weighted by Crippen LogP contribution is 1.92. The van der Waals surface area contributed by atoms with Gasteiger partial charge in [-0.1, -0.05) is 6.92 Å². The topological polar surface area (TPSA) is 38.3 Å². The first-order valence-electron chi connectivity index (χ1n) is 3.52. The number of rotatable bonds is 4. The van der Waals surface area contributed by atoms with Crippen LogP contribution >= 0.6 is 0 Å². The normalized spacial score (nSPS) is 12.7. The van der Waals surface area contributed by atoms with Crippen molar-refractivity contribution in [2.24, 2.45) is 0 Å². The third-order valence-corrected chi connectivity index (χ3v) is 1.26. The van der Waals surface area contributed by atoms with Crippen LogP contribution in [-0.2, 0) is 9.53 Å². The van der Waals surface area contributed by atoms with Crippen LogP contribution in [-0.4, -0.2) is 18.7 Å². The molecule has 3 nitrogen and oxygen atoms in total. The number of amides is 1. The Kier molecular flexibility index (Phi) is 4.94. The van der Waals surface area contributed by atoms with Gasteiger partial charge in [0.1, 0.15) is 6.73 Å². The van der Waals surface area contributed by atoms with E-state index < -0.39 is 0 Å². The van der Waals surface area contributed by atoms with Gasteiger partial charge in [-0.3, -0.25) is 4.79 Å². The van der Waals surface area contributed by atoms with Gasteiger partial charge in [-0.05, 0) is 13.3 Å². The van der Waals surface area contributed by atoms with Crippen molar-refractivity contribution < 1.29 is 9.53 Å². The van der Waals surface area contributed by atoms with Gasteiger partial charge in [0.15, 0.2) is 0 Å². The number of carbonyl (C=O) groups excluding carboxylic acids is 1. The molecule has 0 fully saturated rings. The van der Waals surface area contributed by atoms with Crippen molar-refractivity contribution >= 4 is 5.91 Å². The molecule has 0 saturated heterocycles. The maximum absolute atomic E-state index is 10.3. The minimum atomic E-state index is -0.0525. The highest BCUT2D eigenvalue weighted by Gasteiger charge is 1.96. The molecular formula is C7H15NO2. The maximum Gasteiger partial charge on any atom is 0.218 e. The fourth-order valence-electron chi connectivity index (χ4n) is 0.403. The lowest BCUT2D eigenvalue weighted by molar-refractivity contribution is -0.121. The van der Waals surface area contributed by atoms with Gasteiger partial charge in [0, 0.05) is 6.92 Å². The van der Waals surface area contributed by atoms with Crippen molar-refractivity contribution in [3.63, 3.8) is 0 Å². The van der Waals surface area contributed by atoms with Crippen LogP contribution in [0.5, 0.6) is 0 Å². The SMILES string of the molecule is CCC(C)OCNC(C)=O. The molecule has 1 unspecified atom stereocenters. The second-order valence-electron chi connectivity index (χ2n) is 2.26. The first-order chi connectivity index (χ1) is 4.66. The fourth-order valence-corrected chi connectivity index (χ4v) is 0.403. The summed E-state index contributed by atoms with van der Waals surface area (Å²) in [5.74, 6) is -0.0525. The van der Waals surface area contributed by atoms with E-state index in [1.54, 1.807) is 0 Å². The van der Waals surface area contributed by atoms with Crippen molar-refractivity contribution in [1.82, 2.24) is 5.32 Å². The van der Waals surface area contributed by atoms with Crippen molar-refractivity contribution in [2.75, 3.05) is 6.73 Å². The molecule has 1 atom stereocenters. The maximum atomic E-state index is 10.3. The zero-order valence-electron chi connectivity index (χ0n) is 6.81. The summed E-state index contributed by atoms with van der Waals surface area (Å²) in [7, 11) is 0. The molecule has 3 heteroatoms. The Hall–Kier alpha value is -0.570. The molecule has 0 aliphatic heterocycles. The predicted molar refractivity (Wildman–Crippen MR) is 39.5 cm³/mol. The van der Waals surface area contributed by atoms with E-state index in [4.69, 9.17) is 4.74 Å². The number of carbonyl (C=O) groups is 1. The van der Waals surface area contributed by atoms with Crippen LogP contribution in [0, 0.1) is 0 Å². The summed E-state index contributed by atoms with van der Waals surface area (Å²) in [5.41, 5.74) is 0. The molecule has 0 aromatic rings. The Balaban J connectivity index is 3.11. The second kappa shape index (κ2) is 5.23. The summed E-state index contributed by atoms with van der Waals surface area (Å²) >= 11 is 0. The van der Waals surface area contributed by atoms with Gasteiger partial charge in [-0.15, -0.1) is 0 Å². The lowest BCUT2D eigenvalue weighted by Crippen LogP contribution is -2.25. The van der Waals surface area contributed by atoms with Gasteiger partial charge in [-0.2, -0.15) is 0 Å². The first kappa shape index (κ1) is 9.43. The molecule has 0 bridgehead atoms. The standard InChI is InChI=1S/C7H15NO2/c1-4-6(2)10-5-8-7(3)9/h6H,4-5H2,1-3H3,(H,8,9). The van der Waals surface area contributed by atoms with Gasteiger partial charge in [0.2, 0.25) is 5.91 Å². The molecule has 10 heavy (non-hydrogen) atoms. The lowest BCUT2D eigenvalue weighted by Gasteiger charge is -2.09. The minimum Gasteiger partial charge on any atom is -0.358 e. The van der Waals surface area contributed by atoms with Crippen LogP contribution in [0.1, 0.15) is 27.2 Å². The molecule has 1 N–H and O–H groups in total. The van der Waals surface area contributed by atoms with E-state index in [2.05, 4.69) is 5.32 Å². The molecule has 0 heterocycles.